The molecule has 1 fully saturated rings. The summed E-state index contributed by atoms with van der Waals surface area (Å²) in [5, 5.41) is 9.87. The first kappa shape index (κ1) is 22.6. The van der Waals surface area contributed by atoms with E-state index < -0.39 is 17.7 Å². The minimum atomic E-state index is -0.926. The van der Waals surface area contributed by atoms with Crippen LogP contribution < -0.4 is 9.47 Å². The number of phenolic OH excluding ortho intramolecular Hbond substituents is 1. The fourth-order valence-corrected chi connectivity index (χ4v) is 4.73. The molecular formula is C27H26F3NO3. The number of rotatable bonds is 7. The lowest BCUT2D eigenvalue weighted by atomic mass is 9.82. The van der Waals surface area contributed by atoms with Gasteiger partial charge < -0.3 is 14.6 Å². The predicted octanol–water partition coefficient (Wildman–Crippen LogP) is 5.41. The molecule has 178 valence electrons. The Kier molecular flexibility index (Phi) is 6.37. The van der Waals surface area contributed by atoms with Gasteiger partial charge in [-0.15, -0.1) is 0 Å². The van der Waals surface area contributed by atoms with E-state index in [1.807, 2.05) is 30.3 Å². The summed E-state index contributed by atoms with van der Waals surface area (Å²) in [6, 6.07) is 16.5. The summed E-state index contributed by atoms with van der Waals surface area (Å²) < 4.78 is 52.2. The van der Waals surface area contributed by atoms with Crippen LogP contribution in [0.15, 0.2) is 60.7 Å². The van der Waals surface area contributed by atoms with Gasteiger partial charge in [0, 0.05) is 37.5 Å². The third-order valence-corrected chi connectivity index (χ3v) is 6.62. The standard InChI is InChI=1S/C27H26F3NO3/c28-14-17-15-31(16-17)9-10-33-22-6-2-18(3-7-22)23-11-19-1-5-21(32)13-26(19)34-27(23)20-4-8-24(29)25(30)12-20/h1-8,12-13,17,23,27,32H,9-11,14-16H2. The summed E-state index contributed by atoms with van der Waals surface area (Å²) in [4.78, 5) is 2.17. The number of fused-ring (bicyclic) bond motifs is 1. The first-order valence-corrected chi connectivity index (χ1v) is 11.4. The second kappa shape index (κ2) is 9.58. The van der Waals surface area contributed by atoms with Gasteiger partial charge in [-0.2, -0.15) is 0 Å². The highest BCUT2D eigenvalue weighted by molar-refractivity contribution is 5.45. The molecule has 3 aromatic rings. The average Bonchev–Trinajstić information content (AvgIpc) is 2.82. The van der Waals surface area contributed by atoms with Gasteiger partial charge in [-0.3, -0.25) is 9.29 Å². The van der Waals surface area contributed by atoms with Crippen LogP contribution in [-0.2, 0) is 6.42 Å². The van der Waals surface area contributed by atoms with Crippen LogP contribution in [0.1, 0.15) is 28.7 Å². The van der Waals surface area contributed by atoms with E-state index in [0.717, 1.165) is 42.6 Å². The van der Waals surface area contributed by atoms with E-state index >= 15 is 0 Å². The highest BCUT2D eigenvalue weighted by Crippen LogP contribution is 2.45. The minimum Gasteiger partial charge on any atom is -0.508 e. The highest BCUT2D eigenvalue weighted by atomic mass is 19.2. The molecule has 2 aliphatic rings. The number of alkyl halides is 1. The molecule has 5 rings (SSSR count). The van der Waals surface area contributed by atoms with Gasteiger partial charge in [0.2, 0.25) is 0 Å². The molecule has 0 saturated carbocycles. The fourth-order valence-electron chi connectivity index (χ4n) is 4.73. The smallest absolute Gasteiger partial charge is 0.159 e. The van der Waals surface area contributed by atoms with Gasteiger partial charge in [0.05, 0.1) is 6.67 Å². The number of hydrogen-bond donors (Lipinski definition) is 1. The Hall–Kier alpha value is -3.19. The van der Waals surface area contributed by atoms with Gasteiger partial charge in [-0.1, -0.05) is 24.3 Å². The zero-order valence-corrected chi connectivity index (χ0v) is 18.6. The molecule has 0 aliphatic carbocycles. The van der Waals surface area contributed by atoms with Crippen LogP contribution in [0, 0.1) is 17.6 Å². The van der Waals surface area contributed by atoms with Crippen molar-refractivity contribution in [3.8, 4) is 17.2 Å². The predicted molar refractivity (Wildman–Crippen MR) is 122 cm³/mol. The molecule has 34 heavy (non-hydrogen) atoms. The van der Waals surface area contributed by atoms with Crippen LogP contribution in [0.25, 0.3) is 0 Å². The number of halogens is 3. The second-order valence-electron chi connectivity index (χ2n) is 9.01. The normalized spacial score (nSPS) is 20.3. The van der Waals surface area contributed by atoms with Crippen molar-refractivity contribution in [1.82, 2.24) is 4.90 Å². The third-order valence-electron chi connectivity index (χ3n) is 6.62. The number of aromatic hydroxyl groups is 1. The van der Waals surface area contributed by atoms with E-state index in [1.54, 1.807) is 12.1 Å². The van der Waals surface area contributed by atoms with Gasteiger partial charge in [0.25, 0.3) is 0 Å². The van der Waals surface area contributed by atoms with Crippen LogP contribution in [0.5, 0.6) is 17.2 Å². The molecule has 0 aromatic heterocycles. The first-order valence-electron chi connectivity index (χ1n) is 11.4. The van der Waals surface area contributed by atoms with Gasteiger partial charge in [0.1, 0.15) is 30.0 Å². The summed E-state index contributed by atoms with van der Waals surface area (Å²) in [6.45, 7) is 2.59. The van der Waals surface area contributed by atoms with E-state index in [9.17, 15) is 18.3 Å². The Morgan fingerprint density at radius 3 is 2.44 bits per heavy atom. The van der Waals surface area contributed by atoms with Crippen molar-refractivity contribution in [2.24, 2.45) is 5.92 Å². The quantitative estimate of drug-likeness (QED) is 0.503. The van der Waals surface area contributed by atoms with Crippen LogP contribution in [0.2, 0.25) is 0 Å². The van der Waals surface area contributed by atoms with E-state index in [2.05, 4.69) is 4.90 Å². The number of phenols is 1. The van der Waals surface area contributed by atoms with Crippen molar-refractivity contribution in [1.29, 1.82) is 0 Å². The second-order valence-corrected chi connectivity index (χ2v) is 9.01. The molecule has 1 N–H and O–H groups in total. The van der Waals surface area contributed by atoms with Crippen LogP contribution in [-0.4, -0.2) is 42.9 Å². The fraction of sp³-hybridized carbons (Fsp3) is 0.333. The number of benzene rings is 3. The Morgan fingerprint density at radius 2 is 1.71 bits per heavy atom. The van der Waals surface area contributed by atoms with Gasteiger partial charge in [0.15, 0.2) is 11.6 Å². The lowest BCUT2D eigenvalue weighted by molar-refractivity contribution is 0.0668. The zero-order valence-electron chi connectivity index (χ0n) is 18.6. The summed E-state index contributed by atoms with van der Waals surface area (Å²) in [5.74, 6) is -0.464. The molecule has 2 unspecified atom stereocenters. The van der Waals surface area contributed by atoms with Crippen molar-refractivity contribution in [3.05, 3.63) is 89.0 Å². The molecule has 0 bridgehead atoms. The van der Waals surface area contributed by atoms with Crippen molar-refractivity contribution in [2.75, 3.05) is 32.9 Å². The number of ether oxygens (including phenoxy) is 2. The number of nitrogens with zero attached hydrogens (tertiary/aromatic N) is 1. The molecule has 7 heteroatoms. The zero-order chi connectivity index (χ0) is 23.7. The summed E-state index contributed by atoms with van der Waals surface area (Å²) >= 11 is 0. The minimum absolute atomic E-state index is 0.0844. The van der Waals surface area contributed by atoms with E-state index in [0.29, 0.717) is 24.3 Å². The molecule has 0 spiro atoms. The largest absolute Gasteiger partial charge is 0.508 e. The Labute approximate surface area is 196 Å². The topological polar surface area (TPSA) is 41.9 Å². The van der Waals surface area contributed by atoms with E-state index in [4.69, 9.17) is 9.47 Å². The first-order chi connectivity index (χ1) is 16.5. The van der Waals surface area contributed by atoms with Crippen molar-refractivity contribution < 1.29 is 27.8 Å². The van der Waals surface area contributed by atoms with Gasteiger partial charge in [-0.25, -0.2) is 8.78 Å². The highest BCUT2D eigenvalue weighted by Gasteiger charge is 2.33. The monoisotopic (exact) mass is 469 g/mol. The molecule has 2 heterocycles. The molecule has 1 saturated heterocycles. The number of hydrogen-bond acceptors (Lipinski definition) is 4. The molecule has 2 aliphatic heterocycles. The summed E-state index contributed by atoms with van der Waals surface area (Å²) in [7, 11) is 0. The lowest BCUT2D eigenvalue weighted by Crippen LogP contribution is -2.49. The van der Waals surface area contributed by atoms with Crippen molar-refractivity contribution in [2.45, 2.75) is 18.4 Å². The van der Waals surface area contributed by atoms with E-state index in [-0.39, 0.29) is 24.3 Å². The van der Waals surface area contributed by atoms with Gasteiger partial charge in [-0.05, 0) is 53.4 Å². The molecule has 3 aromatic carbocycles. The average molecular weight is 470 g/mol. The maximum Gasteiger partial charge on any atom is 0.159 e. The van der Waals surface area contributed by atoms with Crippen LogP contribution >= 0.6 is 0 Å². The summed E-state index contributed by atoms with van der Waals surface area (Å²) in [5.41, 5.74) is 2.44. The molecule has 0 radical (unpaired) electrons. The maximum atomic E-state index is 14.0. The molecule has 0 amide bonds. The maximum absolute atomic E-state index is 14.0. The SMILES string of the molecule is Oc1ccc2c(c1)OC(c1ccc(F)c(F)c1)C(c1ccc(OCCN3CC(CF)C3)cc1)C2. The van der Waals surface area contributed by atoms with Gasteiger partial charge >= 0.3 is 0 Å². The summed E-state index contributed by atoms with van der Waals surface area (Å²) in [6.07, 6.45) is 0.0653. The van der Waals surface area contributed by atoms with E-state index in [1.165, 1.54) is 12.1 Å². The Balaban J connectivity index is 1.33. The van der Waals surface area contributed by atoms with Crippen LogP contribution in [0.4, 0.5) is 13.2 Å². The lowest BCUT2D eigenvalue weighted by Gasteiger charge is -2.37. The number of likely N-dealkylation sites (tertiary alicyclic amines) is 1. The third kappa shape index (κ3) is 4.71. The molecular weight excluding hydrogens is 443 g/mol. The van der Waals surface area contributed by atoms with Crippen molar-refractivity contribution in [3.63, 3.8) is 0 Å². The van der Waals surface area contributed by atoms with Crippen LogP contribution in [0.3, 0.4) is 0 Å². The Morgan fingerprint density at radius 1 is 0.941 bits per heavy atom. The molecule has 2 atom stereocenters. The van der Waals surface area contributed by atoms with Crippen molar-refractivity contribution >= 4 is 0 Å². The Bertz CT molecular complexity index is 1150. The molecule has 4 nitrogen and oxygen atoms in total.